The van der Waals surface area contributed by atoms with Crippen LogP contribution in [-0.4, -0.2) is 23.1 Å². The lowest BCUT2D eigenvalue weighted by atomic mass is 9.99. The number of quaternary nitrogens is 1. The summed E-state index contributed by atoms with van der Waals surface area (Å²) in [6.07, 6.45) is 12.0. The highest BCUT2D eigenvalue weighted by Gasteiger charge is 2.19. The van der Waals surface area contributed by atoms with Crippen LogP contribution in [0.3, 0.4) is 0 Å². The van der Waals surface area contributed by atoms with Crippen molar-refractivity contribution < 1.29 is 5.73 Å². The topological polar surface area (TPSA) is 106 Å². The Balaban J connectivity index is 1.82. The van der Waals surface area contributed by atoms with Crippen molar-refractivity contribution in [1.82, 2.24) is 15.3 Å². The maximum Gasteiger partial charge on any atom is 0.112 e. The van der Waals surface area contributed by atoms with Crippen LogP contribution in [-0.2, 0) is 0 Å². The Morgan fingerprint density at radius 3 is 3.12 bits per heavy atom. The Labute approximate surface area is 139 Å². The fraction of sp³-hybridized carbons (Fsp3) is 0.167. The molecule has 0 saturated carbocycles. The molecule has 2 aromatic heterocycles. The predicted octanol–water partition coefficient (Wildman–Crippen LogP) is -0.834. The van der Waals surface area contributed by atoms with Gasteiger partial charge in [-0.25, -0.2) is 0 Å². The summed E-state index contributed by atoms with van der Waals surface area (Å²) < 4.78 is 0. The molecule has 6 heteroatoms. The van der Waals surface area contributed by atoms with E-state index in [9.17, 15) is 0 Å². The van der Waals surface area contributed by atoms with Gasteiger partial charge in [-0.3, -0.25) is 4.98 Å². The number of hydrogen-bond acceptors (Lipinski definition) is 4. The Hall–Kier alpha value is -2.83. The smallest absolute Gasteiger partial charge is 0.112 e. The lowest BCUT2D eigenvalue weighted by Crippen LogP contribution is -2.41. The van der Waals surface area contributed by atoms with E-state index < -0.39 is 0 Å². The summed E-state index contributed by atoms with van der Waals surface area (Å²) in [5.74, 6) is 1.05. The fourth-order valence-electron chi connectivity index (χ4n) is 3.23. The Kier molecular flexibility index (Phi) is 3.68. The van der Waals surface area contributed by atoms with Crippen LogP contribution in [0.5, 0.6) is 0 Å². The van der Waals surface area contributed by atoms with Crippen molar-refractivity contribution in [3.05, 3.63) is 63.6 Å². The first-order valence-corrected chi connectivity index (χ1v) is 8.03. The molecule has 2 aliphatic heterocycles. The molecule has 4 rings (SSSR count). The molecule has 0 aromatic carbocycles. The minimum Gasteiger partial charge on any atom is -0.379 e. The molecular weight excluding hydrogens is 300 g/mol. The second-order valence-electron chi connectivity index (χ2n) is 5.94. The Bertz CT molecular complexity index is 936. The third-order valence-electron chi connectivity index (χ3n) is 4.55. The highest BCUT2D eigenvalue weighted by molar-refractivity contribution is 5.75. The SMILES string of the molecule is NC/C(=C\[NH3+])C1=Cc2c([nH]c3c2=CC(c2cccnc2)NC=3)NC1. The van der Waals surface area contributed by atoms with E-state index in [1.54, 1.807) is 6.20 Å². The van der Waals surface area contributed by atoms with Crippen LogP contribution in [0.25, 0.3) is 18.4 Å². The largest absolute Gasteiger partial charge is 0.379 e. The minimum atomic E-state index is 0.113. The molecule has 6 nitrogen and oxygen atoms in total. The summed E-state index contributed by atoms with van der Waals surface area (Å²) in [5.41, 5.74) is 14.3. The molecule has 2 aromatic rings. The third-order valence-corrected chi connectivity index (χ3v) is 4.55. The molecule has 0 saturated heterocycles. The van der Waals surface area contributed by atoms with Gasteiger partial charge in [0.1, 0.15) is 5.82 Å². The molecule has 1 unspecified atom stereocenters. The van der Waals surface area contributed by atoms with Gasteiger partial charge >= 0.3 is 0 Å². The maximum atomic E-state index is 5.83. The van der Waals surface area contributed by atoms with Crippen molar-refractivity contribution >= 4 is 24.2 Å². The number of fused-ring (bicyclic) bond motifs is 3. The van der Waals surface area contributed by atoms with Crippen LogP contribution in [0.1, 0.15) is 17.2 Å². The van der Waals surface area contributed by atoms with Gasteiger partial charge in [-0.15, -0.1) is 0 Å². The number of aromatic nitrogens is 2. The first-order valence-electron chi connectivity index (χ1n) is 8.03. The molecule has 0 radical (unpaired) electrons. The van der Waals surface area contributed by atoms with Gasteiger partial charge in [0, 0.05) is 48.0 Å². The van der Waals surface area contributed by atoms with Crippen LogP contribution in [0.2, 0.25) is 0 Å². The van der Waals surface area contributed by atoms with Crippen molar-refractivity contribution in [3.8, 4) is 0 Å². The number of pyridine rings is 1. The van der Waals surface area contributed by atoms with E-state index in [0.29, 0.717) is 6.54 Å². The number of nitrogens with two attached hydrogens (primary N) is 1. The number of H-pyrrole nitrogens is 1. The Morgan fingerprint density at radius 1 is 1.46 bits per heavy atom. The van der Waals surface area contributed by atoms with E-state index >= 15 is 0 Å². The lowest BCUT2D eigenvalue weighted by molar-refractivity contribution is -0.276. The maximum absolute atomic E-state index is 5.83. The van der Waals surface area contributed by atoms with Crippen molar-refractivity contribution in [1.29, 1.82) is 0 Å². The second kappa shape index (κ2) is 5.99. The average molecular weight is 321 g/mol. The van der Waals surface area contributed by atoms with Gasteiger partial charge in [-0.2, -0.15) is 0 Å². The zero-order valence-electron chi connectivity index (χ0n) is 13.3. The fourth-order valence-corrected chi connectivity index (χ4v) is 3.23. The molecule has 2 aliphatic rings. The summed E-state index contributed by atoms with van der Waals surface area (Å²) in [5, 5.41) is 9.14. The normalized spacial score (nSPS) is 19.0. The molecule has 0 aliphatic carbocycles. The van der Waals surface area contributed by atoms with Gasteiger partial charge in [0.15, 0.2) is 0 Å². The number of rotatable bonds is 3. The summed E-state index contributed by atoms with van der Waals surface area (Å²) >= 11 is 0. The molecule has 1 atom stereocenters. The monoisotopic (exact) mass is 321 g/mol. The van der Waals surface area contributed by atoms with Gasteiger partial charge in [-0.05, 0) is 29.4 Å². The quantitative estimate of drug-likeness (QED) is 0.508. The van der Waals surface area contributed by atoms with E-state index in [4.69, 9.17) is 5.73 Å². The molecule has 0 bridgehead atoms. The number of nitrogens with zero attached hydrogens (tertiary/aromatic N) is 1. The second-order valence-corrected chi connectivity index (χ2v) is 5.94. The lowest BCUT2D eigenvalue weighted by Gasteiger charge is -2.17. The molecule has 122 valence electrons. The standard InChI is InChI=1S/C18H20N6/c19-6-13(7-20)12-4-15-14-5-16(11-2-1-3-21-8-11)22-10-17(14)24-18(15)23-9-12/h1-6,8,10,16,22-24H,7,9,19-20H2/p+1/b13-6+. The van der Waals surface area contributed by atoms with Gasteiger partial charge in [0.25, 0.3) is 0 Å². The van der Waals surface area contributed by atoms with E-state index in [1.807, 2.05) is 24.7 Å². The predicted molar refractivity (Wildman–Crippen MR) is 95.6 cm³/mol. The number of hydrogen-bond donors (Lipinski definition) is 5. The van der Waals surface area contributed by atoms with Crippen LogP contribution in [0, 0.1) is 0 Å². The molecule has 24 heavy (non-hydrogen) atoms. The summed E-state index contributed by atoms with van der Waals surface area (Å²) in [6.45, 7) is 1.25. The number of aromatic amines is 1. The first-order chi connectivity index (χ1) is 11.8. The van der Waals surface area contributed by atoms with Crippen molar-refractivity contribution in [2.75, 3.05) is 18.4 Å². The van der Waals surface area contributed by atoms with E-state index in [1.165, 1.54) is 16.4 Å². The molecule has 8 N–H and O–H groups in total. The zero-order chi connectivity index (χ0) is 16.5. The van der Waals surface area contributed by atoms with Gasteiger partial charge in [0.2, 0.25) is 0 Å². The van der Waals surface area contributed by atoms with Crippen molar-refractivity contribution in [3.63, 3.8) is 0 Å². The van der Waals surface area contributed by atoms with Crippen LogP contribution < -0.4 is 32.7 Å². The summed E-state index contributed by atoms with van der Waals surface area (Å²) in [4.78, 5) is 7.65. The molecule has 4 heterocycles. The molecular formula is C18H21N6+. The summed E-state index contributed by atoms with van der Waals surface area (Å²) in [6, 6.07) is 4.15. The minimum absolute atomic E-state index is 0.113. The average Bonchev–Trinajstić information content (AvgIpc) is 3.01. The Morgan fingerprint density at radius 2 is 2.38 bits per heavy atom. The molecule has 0 spiro atoms. The van der Waals surface area contributed by atoms with Gasteiger partial charge < -0.3 is 27.1 Å². The van der Waals surface area contributed by atoms with Crippen molar-refractivity contribution in [2.24, 2.45) is 5.73 Å². The van der Waals surface area contributed by atoms with Crippen molar-refractivity contribution in [2.45, 2.75) is 6.04 Å². The van der Waals surface area contributed by atoms with Gasteiger partial charge in [-0.1, -0.05) is 6.07 Å². The van der Waals surface area contributed by atoms with E-state index in [2.05, 4.69) is 44.6 Å². The van der Waals surface area contributed by atoms with Crippen LogP contribution >= 0.6 is 0 Å². The van der Waals surface area contributed by atoms with Crippen LogP contribution in [0.4, 0.5) is 5.82 Å². The van der Waals surface area contributed by atoms with Gasteiger partial charge in [0.05, 0.1) is 17.6 Å². The molecule has 0 fully saturated rings. The van der Waals surface area contributed by atoms with E-state index in [-0.39, 0.29) is 6.04 Å². The summed E-state index contributed by atoms with van der Waals surface area (Å²) in [7, 11) is 0. The number of nitrogens with one attached hydrogen (secondary N) is 3. The zero-order valence-corrected chi connectivity index (χ0v) is 13.3. The van der Waals surface area contributed by atoms with Crippen LogP contribution in [0.15, 0.2) is 41.9 Å². The number of anilines is 1. The highest BCUT2D eigenvalue weighted by Crippen LogP contribution is 2.23. The third kappa shape index (κ3) is 2.42. The van der Waals surface area contributed by atoms with E-state index in [0.717, 1.165) is 28.8 Å². The molecule has 0 amide bonds. The highest BCUT2D eigenvalue weighted by atomic mass is 15.0. The first kappa shape index (κ1) is 14.7.